The van der Waals surface area contributed by atoms with Gasteiger partial charge < -0.3 is 5.73 Å². The number of nitrogens with zero attached hydrogens (tertiary/aromatic N) is 4. The molecule has 0 amide bonds. The number of aryl methyl sites for hydroxylation is 2. The zero-order chi connectivity index (χ0) is 16.0. The van der Waals surface area contributed by atoms with E-state index in [1.165, 1.54) is 5.56 Å². The molecule has 0 aliphatic rings. The SMILES string of the molecule is Cc1cc(C)c(-n2ccn3nc(-c4cccnc4)cc23)cc1N. The lowest BCUT2D eigenvalue weighted by Gasteiger charge is -2.11. The molecule has 3 aromatic heterocycles. The molecule has 23 heavy (non-hydrogen) atoms. The van der Waals surface area contributed by atoms with Gasteiger partial charge >= 0.3 is 0 Å². The summed E-state index contributed by atoms with van der Waals surface area (Å²) in [6.07, 6.45) is 7.54. The van der Waals surface area contributed by atoms with E-state index in [4.69, 9.17) is 5.73 Å². The number of hydrogen-bond donors (Lipinski definition) is 1. The molecule has 0 saturated heterocycles. The van der Waals surface area contributed by atoms with Crippen molar-refractivity contribution in [2.24, 2.45) is 0 Å². The molecule has 0 bridgehead atoms. The summed E-state index contributed by atoms with van der Waals surface area (Å²) in [4.78, 5) is 4.16. The van der Waals surface area contributed by atoms with Crippen LogP contribution in [-0.4, -0.2) is 19.2 Å². The van der Waals surface area contributed by atoms with Crippen molar-refractivity contribution in [1.82, 2.24) is 19.2 Å². The van der Waals surface area contributed by atoms with Crippen LogP contribution in [0.5, 0.6) is 0 Å². The largest absolute Gasteiger partial charge is 0.398 e. The molecule has 0 aliphatic carbocycles. The third-order valence-electron chi connectivity index (χ3n) is 4.12. The van der Waals surface area contributed by atoms with Crippen molar-refractivity contribution >= 4 is 11.3 Å². The standard InChI is InChI=1S/C18H17N5/c1-12-8-13(2)17(9-15(12)19)22-6-7-23-18(22)10-16(21-23)14-4-3-5-20-11-14/h3-11H,19H2,1-2H3. The molecule has 5 nitrogen and oxygen atoms in total. The number of anilines is 1. The number of imidazole rings is 1. The number of aromatic nitrogens is 4. The van der Waals surface area contributed by atoms with E-state index in [1.807, 2.05) is 48.2 Å². The first-order valence-electron chi connectivity index (χ1n) is 7.48. The molecule has 0 saturated carbocycles. The van der Waals surface area contributed by atoms with E-state index in [9.17, 15) is 0 Å². The fourth-order valence-electron chi connectivity index (χ4n) is 2.86. The van der Waals surface area contributed by atoms with Crippen LogP contribution in [0.4, 0.5) is 5.69 Å². The highest BCUT2D eigenvalue weighted by Crippen LogP contribution is 2.25. The molecular weight excluding hydrogens is 286 g/mol. The molecule has 4 rings (SSSR count). The van der Waals surface area contributed by atoms with Gasteiger partial charge in [-0.2, -0.15) is 5.10 Å². The first-order valence-corrected chi connectivity index (χ1v) is 7.48. The lowest BCUT2D eigenvalue weighted by molar-refractivity contribution is 0.967. The smallest absolute Gasteiger partial charge is 0.140 e. The van der Waals surface area contributed by atoms with E-state index in [0.29, 0.717) is 0 Å². The molecule has 3 heterocycles. The average molecular weight is 303 g/mol. The Hall–Kier alpha value is -3.08. The molecule has 0 atom stereocenters. The first kappa shape index (κ1) is 13.6. The van der Waals surface area contributed by atoms with Crippen molar-refractivity contribution in [2.45, 2.75) is 13.8 Å². The number of benzene rings is 1. The van der Waals surface area contributed by atoms with Gasteiger partial charge in [-0.15, -0.1) is 0 Å². The minimum absolute atomic E-state index is 0.796. The van der Waals surface area contributed by atoms with E-state index in [-0.39, 0.29) is 0 Å². The van der Waals surface area contributed by atoms with Crippen molar-refractivity contribution in [3.8, 4) is 16.9 Å². The molecule has 0 fully saturated rings. The van der Waals surface area contributed by atoms with E-state index < -0.39 is 0 Å². The summed E-state index contributed by atoms with van der Waals surface area (Å²) in [6.45, 7) is 4.12. The molecule has 1 aromatic carbocycles. The second kappa shape index (κ2) is 4.98. The van der Waals surface area contributed by atoms with Crippen LogP contribution in [0.25, 0.3) is 22.6 Å². The zero-order valence-corrected chi connectivity index (χ0v) is 13.1. The molecule has 4 aromatic rings. The van der Waals surface area contributed by atoms with Gasteiger partial charge in [-0.25, -0.2) is 4.52 Å². The summed E-state index contributed by atoms with van der Waals surface area (Å²) < 4.78 is 3.98. The maximum absolute atomic E-state index is 6.09. The Bertz CT molecular complexity index is 995. The Morgan fingerprint density at radius 2 is 1.91 bits per heavy atom. The Morgan fingerprint density at radius 3 is 2.70 bits per heavy atom. The van der Waals surface area contributed by atoms with Crippen molar-refractivity contribution in [1.29, 1.82) is 0 Å². The van der Waals surface area contributed by atoms with E-state index in [2.05, 4.69) is 33.7 Å². The minimum Gasteiger partial charge on any atom is -0.398 e. The number of pyridine rings is 1. The second-order valence-corrected chi connectivity index (χ2v) is 5.74. The zero-order valence-electron chi connectivity index (χ0n) is 13.1. The molecule has 0 aliphatic heterocycles. The van der Waals surface area contributed by atoms with Gasteiger partial charge in [-0.05, 0) is 43.2 Å². The molecular formula is C18H17N5. The van der Waals surface area contributed by atoms with Gasteiger partial charge in [0.2, 0.25) is 0 Å². The quantitative estimate of drug-likeness (QED) is 0.577. The summed E-state index contributed by atoms with van der Waals surface area (Å²) in [5.41, 5.74) is 13.1. The van der Waals surface area contributed by atoms with Crippen molar-refractivity contribution in [3.05, 3.63) is 66.2 Å². The maximum Gasteiger partial charge on any atom is 0.140 e. The fraction of sp³-hybridized carbons (Fsp3) is 0.111. The van der Waals surface area contributed by atoms with Gasteiger partial charge in [0.25, 0.3) is 0 Å². The van der Waals surface area contributed by atoms with E-state index in [1.54, 1.807) is 6.20 Å². The van der Waals surface area contributed by atoms with Crippen molar-refractivity contribution < 1.29 is 0 Å². The molecule has 0 unspecified atom stereocenters. The number of fused-ring (bicyclic) bond motifs is 1. The van der Waals surface area contributed by atoms with Gasteiger partial charge in [0, 0.05) is 42.1 Å². The normalized spacial score (nSPS) is 11.2. The highest BCUT2D eigenvalue weighted by atomic mass is 15.3. The number of rotatable bonds is 2. The van der Waals surface area contributed by atoms with Gasteiger partial charge in [0.05, 0.1) is 11.4 Å². The van der Waals surface area contributed by atoms with Crippen LogP contribution in [0.1, 0.15) is 11.1 Å². The summed E-state index contributed by atoms with van der Waals surface area (Å²) in [5.74, 6) is 0. The van der Waals surface area contributed by atoms with Crippen LogP contribution in [0.3, 0.4) is 0 Å². The first-order chi connectivity index (χ1) is 11.1. The molecule has 114 valence electrons. The molecule has 0 radical (unpaired) electrons. The maximum atomic E-state index is 6.09. The molecule has 0 spiro atoms. The average Bonchev–Trinajstić information content (AvgIpc) is 3.12. The van der Waals surface area contributed by atoms with Gasteiger partial charge in [-0.3, -0.25) is 9.55 Å². The third kappa shape index (κ3) is 2.17. The van der Waals surface area contributed by atoms with Crippen molar-refractivity contribution in [3.63, 3.8) is 0 Å². The summed E-state index contributed by atoms with van der Waals surface area (Å²) >= 11 is 0. The number of nitrogens with two attached hydrogens (primary N) is 1. The van der Waals surface area contributed by atoms with Crippen LogP contribution in [0, 0.1) is 13.8 Å². The van der Waals surface area contributed by atoms with Gasteiger partial charge in [0.15, 0.2) is 0 Å². The van der Waals surface area contributed by atoms with Crippen LogP contribution in [0.2, 0.25) is 0 Å². The van der Waals surface area contributed by atoms with Gasteiger partial charge in [0.1, 0.15) is 5.65 Å². The molecule has 5 heteroatoms. The lowest BCUT2D eigenvalue weighted by atomic mass is 10.1. The van der Waals surface area contributed by atoms with Crippen molar-refractivity contribution in [2.75, 3.05) is 5.73 Å². The predicted molar refractivity (Wildman–Crippen MR) is 91.6 cm³/mol. The fourth-order valence-corrected chi connectivity index (χ4v) is 2.86. The van der Waals surface area contributed by atoms with Gasteiger partial charge in [-0.1, -0.05) is 6.07 Å². The topological polar surface area (TPSA) is 61.1 Å². The lowest BCUT2D eigenvalue weighted by Crippen LogP contribution is -1.99. The third-order valence-corrected chi connectivity index (χ3v) is 4.12. The monoisotopic (exact) mass is 303 g/mol. The number of hydrogen-bond acceptors (Lipinski definition) is 3. The Kier molecular flexibility index (Phi) is 2.94. The van der Waals surface area contributed by atoms with E-state index >= 15 is 0 Å². The Morgan fingerprint density at radius 1 is 1.04 bits per heavy atom. The van der Waals surface area contributed by atoms with Crippen LogP contribution in [-0.2, 0) is 0 Å². The number of nitrogen functional groups attached to an aromatic ring is 1. The van der Waals surface area contributed by atoms with Crippen LogP contribution in [0.15, 0.2) is 55.1 Å². The highest BCUT2D eigenvalue weighted by molar-refractivity contribution is 5.66. The van der Waals surface area contributed by atoms with Crippen LogP contribution >= 0.6 is 0 Å². The Balaban J connectivity index is 1.89. The predicted octanol–water partition coefficient (Wildman–Crippen LogP) is 3.39. The molecule has 2 N–H and O–H groups in total. The summed E-state index contributed by atoms with van der Waals surface area (Å²) in [6, 6.07) is 10.1. The summed E-state index contributed by atoms with van der Waals surface area (Å²) in [7, 11) is 0. The second-order valence-electron chi connectivity index (χ2n) is 5.74. The Labute approximate surface area is 134 Å². The highest BCUT2D eigenvalue weighted by Gasteiger charge is 2.11. The summed E-state index contributed by atoms with van der Waals surface area (Å²) in [5, 5.41) is 4.62. The van der Waals surface area contributed by atoms with Crippen LogP contribution < -0.4 is 5.73 Å². The van der Waals surface area contributed by atoms with E-state index in [0.717, 1.165) is 33.8 Å². The minimum atomic E-state index is 0.796.